The summed E-state index contributed by atoms with van der Waals surface area (Å²) in [6, 6.07) is 21.2. The Kier molecular flexibility index (Phi) is 4.99. The van der Waals surface area contributed by atoms with E-state index in [2.05, 4.69) is 10.1 Å². The van der Waals surface area contributed by atoms with Gasteiger partial charge in [-0.1, -0.05) is 36.4 Å². The first-order valence-electron chi connectivity index (χ1n) is 11.1. The molecule has 174 valence electrons. The van der Waals surface area contributed by atoms with E-state index in [1.165, 1.54) is 16.8 Å². The van der Waals surface area contributed by atoms with Gasteiger partial charge in [0.25, 0.3) is 0 Å². The van der Waals surface area contributed by atoms with Crippen LogP contribution in [0, 0.1) is 5.82 Å². The average Bonchev–Trinajstić information content (AvgIpc) is 3.56. The van der Waals surface area contributed by atoms with Crippen LogP contribution in [-0.4, -0.2) is 32.6 Å². The second-order valence-corrected chi connectivity index (χ2v) is 8.39. The third-order valence-corrected chi connectivity index (χ3v) is 6.10. The van der Waals surface area contributed by atoms with Gasteiger partial charge in [-0.2, -0.15) is 5.10 Å². The van der Waals surface area contributed by atoms with Crippen LogP contribution in [0.25, 0.3) is 22.2 Å². The maximum absolute atomic E-state index is 13.3. The minimum Gasteiger partial charge on any atom is -0.477 e. The number of benzene rings is 3. The maximum atomic E-state index is 13.3. The van der Waals surface area contributed by atoms with Crippen molar-refractivity contribution in [1.82, 2.24) is 14.8 Å². The average molecular weight is 469 g/mol. The predicted octanol–water partition coefficient (Wildman–Crippen LogP) is 5.24. The zero-order valence-corrected chi connectivity index (χ0v) is 18.5. The number of fused-ring (bicyclic) bond motifs is 2. The van der Waals surface area contributed by atoms with Crippen molar-refractivity contribution in [3.63, 3.8) is 0 Å². The highest BCUT2D eigenvalue weighted by Crippen LogP contribution is 2.36. The molecule has 0 bridgehead atoms. The Morgan fingerprint density at radius 1 is 1.00 bits per heavy atom. The number of ether oxygens (including phenoxy) is 2. The first kappa shape index (κ1) is 21.0. The summed E-state index contributed by atoms with van der Waals surface area (Å²) < 4.78 is 25.7. The first-order chi connectivity index (χ1) is 17.0. The molecule has 0 fully saturated rings. The van der Waals surface area contributed by atoms with Gasteiger partial charge in [0.2, 0.25) is 6.79 Å². The van der Waals surface area contributed by atoms with Gasteiger partial charge in [0, 0.05) is 28.6 Å². The van der Waals surface area contributed by atoms with Gasteiger partial charge in [0.1, 0.15) is 11.5 Å². The number of hydrogen-bond acceptors (Lipinski definition) is 4. The summed E-state index contributed by atoms with van der Waals surface area (Å²) in [4.78, 5) is 15.5. The van der Waals surface area contributed by atoms with E-state index < -0.39 is 5.97 Å². The lowest BCUT2D eigenvalue weighted by atomic mass is 10.0. The Morgan fingerprint density at radius 2 is 1.77 bits per heavy atom. The molecule has 3 aromatic carbocycles. The largest absolute Gasteiger partial charge is 0.477 e. The highest BCUT2D eigenvalue weighted by molar-refractivity contribution is 5.98. The SMILES string of the molecule is O=C(O)c1cc(-c2c(Cc3ccc4c(c3)OCO4)[nH]c3ccccc23)nn1Cc1ccc(F)cc1. The number of carbonyl (C=O) groups is 1. The monoisotopic (exact) mass is 469 g/mol. The molecular weight excluding hydrogens is 449 g/mol. The number of halogens is 1. The van der Waals surface area contributed by atoms with Gasteiger partial charge in [-0.15, -0.1) is 0 Å². The van der Waals surface area contributed by atoms with Crippen molar-refractivity contribution in [2.75, 3.05) is 6.79 Å². The van der Waals surface area contributed by atoms with Crippen LogP contribution in [0.2, 0.25) is 0 Å². The molecule has 0 saturated carbocycles. The molecular formula is C27H20FN3O4. The van der Waals surface area contributed by atoms with Gasteiger partial charge in [-0.3, -0.25) is 4.68 Å². The number of nitrogens with one attached hydrogen (secondary N) is 1. The summed E-state index contributed by atoms with van der Waals surface area (Å²) in [6.07, 6.45) is 0.563. The normalized spacial score (nSPS) is 12.4. The summed E-state index contributed by atoms with van der Waals surface area (Å²) >= 11 is 0. The van der Waals surface area contributed by atoms with E-state index >= 15 is 0 Å². The summed E-state index contributed by atoms with van der Waals surface area (Å²) in [5.41, 5.74) is 5.07. The fourth-order valence-electron chi connectivity index (χ4n) is 4.47. The molecule has 0 amide bonds. The molecule has 35 heavy (non-hydrogen) atoms. The van der Waals surface area contributed by atoms with Gasteiger partial charge < -0.3 is 19.6 Å². The molecule has 6 rings (SSSR count). The summed E-state index contributed by atoms with van der Waals surface area (Å²) in [5.74, 6) is -0.00325. The Labute approximate surface area is 199 Å². The molecule has 2 N–H and O–H groups in total. The van der Waals surface area contributed by atoms with E-state index in [0.717, 1.165) is 39.0 Å². The van der Waals surface area contributed by atoms with E-state index in [-0.39, 0.29) is 24.8 Å². The van der Waals surface area contributed by atoms with Crippen LogP contribution in [0.3, 0.4) is 0 Å². The fourth-order valence-corrected chi connectivity index (χ4v) is 4.47. The number of H-pyrrole nitrogens is 1. The van der Waals surface area contributed by atoms with Gasteiger partial charge >= 0.3 is 5.97 Å². The number of aromatic carboxylic acids is 1. The third kappa shape index (κ3) is 3.89. The van der Waals surface area contributed by atoms with E-state index in [4.69, 9.17) is 9.47 Å². The lowest BCUT2D eigenvalue weighted by Gasteiger charge is -2.06. The van der Waals surface area contributed by atoms with E-state index in [9.17, 15) is 14.3 Å². The van der Waals surface area contributed by atoms with Crippen molar-refractivity contribution in [3.8, 4) is 22.8 Å². The van der Waals surface area contributed by atoms with Gasteiger partial charge in [0.15, 0.2) is 11.5 Å². The Morgan fingerprint density at radius 3 is 2.60 bits per heavy atom. The number of carboxylic acids is 1. The van der Waals surface area contributed by atoms with Crippen molar-refractivity contribution >= 4 is 16.9 Å². The van der Waals surface area contributed by atoms with Gasteiger partial charge in [-0.05, 0) is 47.5 Å². The Hall–Kier alpha value is -4.59. The number of nitrogens with zero attached hydrogens (tertiary/aromatic N) is 2. The summed E-state index contributed by atoms with van der Waals surface area (Å²) in [6.45, 7) is 0.418. The number of rotatable bonds is 6. The molecule has 0 radical (unpaired) electrons. The van der Waals surface area contributed by atoms with Crippen molar-refractivity contribution in [2.24, 2.45) is 0 Å². The van der Waals surface area contributed by atoms with Crippen molar-refractivity contribution in [1.29, 1.82) is 0 Å². The zero-order valence-electron chi connectivity index (χ0n) is 18.5. The van der Waals surface area contributed by atoms with Crippen LogP contribution in [-0.2, 0) is 13.0 Å². The molecule has 7 nitrogen and oxygen atoms in total. The van der Waals surface area contributed by atoms with E-state index in [0.29, 0.717) is 17.9 Å². The van der Waals surface area contributed by atoms with Gasteiger partial charge in [0.05, 0.1) is 12.2 Å². The van der Waals surface area contributed by atoms with Crippen LogP contribution in [0.5, 0.6) is 11.5 Å². The van der Waals surface area contributed by atoms with Crippen molar-refractivity contribution in [2.45, 2.75) is 13.0 Å². The molecule has 0 saturated heterocycles. The standard InChI is InChI=1S/C27H20FN3O4/c28-18-8-5-16(6-9-18)14-31-23(27(32)33)13-22(30-31)26-19-3-1-2-4-20(19)29-21(26)11-17-7-10-24-25(12-17)35-15-34-24/h1-10,12-13,29H,11,14-15H2,(H,32,33). The number of hydrogen-bond donors (Lipinski definition) is 2. The Bertz CT molecular complexity index is 1570. The topological polar surface area (TPSA) is 89.4 Å². The maximum Gasteiger partial charge on any atom is 0.354 e. The van der Waals surface area contributed by atoms with Crippen LogP contribution in [0.15, 0.2) is 72.8 Å². The molecule has 0 atom stereocenters. The zero-order chi connectivity index (χ0) is 23.9. The number of carboxylic acid groups (broad SMARTS) is 1. The number of para-hydroxylation sites is 1. The molecule has 5 aromatic rings. The predicted molar refractivity (Wildman–Crippen MR) is 127 cm³/mol. The van der Waals surface area contributed by atoms with Crippen LogP contribution >= 0.6 is 0 Å². The lowest BCUT2D eigenvalue weighted by Crippen LogP contribution is -2.10. The highest BCUT2D eigenvalue weighted by atomic mass is 19.1. The Balaban J connectivity index is 1.44. The third-order valence-electron chi connectivity index (χ3n) is 6.10. The van der Waals surface area contributed by atoms with Crippen molar-refractivity contribution in [3.05, 3.63) is 101 Å². The highest BCUT2D eigenvalue weighted by Gasteiger charge is 2.22. The molecule has 1 aliphatic heterocycles. The lowest BCUT2D eigenvalue weighted by molar-refractivity contribution is 0.0684. The molecule has 0 unspecified atom stereocenters. The molecule has 8 heteroatoms. The smallest absolute Gasteiger partial charge is 0.354 e. The molecule has 3 heterocycles. The van der Waals surface area contributed by atoms with Crippen molar-refractivity contribution < 1.29 is 23.8 Å². The van der Waals surface area contributed by atoms with Crippen LogP contribution in [0.1, 0.15) is 27.3 Å². The van der Waals surface area contributed by atoms with E-state index in [1.807, 2.05) is 42.5 Å². The number of aromatic amines is 1. The molecule has 0 aliphatic carbocycles. The minimum absolute atomic E-state index is 0.0589. The second kappa shape index (κ2) is 8.32. The first-order valence-corrected chi connectivity index (χ1v) is 11.1. The second-order valence-electron chi connectivity index (χ2n) is 8.39. The minimum atomic E-state index is -1.08. The molecule has 2 aromatic heterocycles. The van der Waals surface area contributed by atoms with Gasteiger partial charge in [-0.25, -0.2) is 9.18 Å². The molecule has 0 spiro atoms. The summed E-state index contributed by atoms with van der Waals surface area (Å²) in [5, 5.41) is 15.5. The summed E-state index contributed by atoms with van der Waals surface area (Å²) in [7, 11) is 0. The van der Waals surface area contributed by atoms with E-state index in [1.54, 1.807) is 18.2 Å². The quantitative estimate of drug-likeness (QED) is 0.355. The van der Waals surface area contributed by atoms with Crippen LogP contribution in [0.4, 0.5) is 4.39 Å². The molecule has 1 aliphatic rings. The van der Waals surface area contributed by atoms with Crippen LogP contribution < -0.4 is 9.47 Å². The fraction of sp³-hybridized carbons (Fsp3) is 0.111. The number of aromatic nitrogens is 3.